The van der Waals surface area contributed by atoms with Gasteiger partial charge in [-0.2, -0.15) is 5.10 Å². The van der Waals surface area contributed by atoms with E-state index < -0.39 is 11.8 Å². The topological polar surface area (TPSA) is 79.8 Å². The summed E-state index contributed by atoms with van der Waals surface area (Å²) >= 11 is 5.78. The van der Waals surface area contributed by atoms with Crippen molar-refractivity contribution in [3.05, 3.63) is 94.8 Å². The predicted molar refractivity (Wildman–Crippen MR) is 118 cm³/mol. The average Bonchev–Trinajstić information content (AvgIpc) is 2.78. The molecule has 0 aromatic heterocycles. The van der Waals surface area contributed by atoms with E-state index in [4.69, 9.17) is 16.3 Å². The monoisotopic (exact) mass is 439 g/mol. The van der Waals surface area contributed by atoms with Gasteiger partial charge in [0.15, 0.2) is 0 Å². The number of rotatable bonds is 6. The van der Waals surface area contributed by atoms with Gasteiger partial charge in [0.25, 0.3) is 0 Å². The lowest BCUT2D eigenvalue weighted by Gasteiger charge is -2.08. The van der Waals surface area contributed by atoms with Crippen LogP contribution >= 0.6 is 11.6 Å². The molecule has 8 heteroatoms. The standard InChI is InChI=1S/C23H19ClFN3O3/c1-15(27-28-23(30)22(29)26-20-10-6-18(24)7-11-20)17-4-12-21(13-5-17)31-14-16-2-8-19(25)9-3-16/h2-13H,14H2,1H3,(H,26,29)(H,28,30)/b27-15+. The van der Waals surface area contributed by atoms with Crippen molar-refractivity contribution in [2.45, 2.75) is 13.5 Å². The van der Waals surface area contributed by atoms with Crippen LogP contribution in [-0.4, -0.2) is 17.5 Å². The molecular formula is C23H19ClFN3O3. The van der Waals surface area contributed by atoms with E-state index in [2.05, 4.69) is 15.8 Å². The molecule has 0 fully saturated rings. The Morgan fingerprint density at radius 2 is 1.58 bits per heavy atom. The highest BCUT2D eigenvalue weighted by molar-refractivity contribution is 6.39. The third-order valence-corrected chi connectivity index (χ3v) is 4.48. The highest BCUT2D eigenvalue weighted by Gasteiger charge is 2.13. The number of nitrogens with one attached hydrogen (secondary N) is 2. The van der Waals surface area contributed by atoms with Crippen LogP contribution < -0.4 is 15.5 Å². The van der Waals surface area contributed by atoms with E-state index in [-0.39, 0.29) is 5.82 Å². The van der Waals surface area contributed by atoms with Crippen molar-refractivity contribution in [2.75, 3.05) is 5.32 Å². The molecule has 0 aliphatic carbocycles. The summed E-state index contributed by atoms with van der Waals surface area (Å²) in [5, 5.41) is 6.94. The van der Waals surface area contributed by atoms with Gasteiger partial charge >= 0.3 is 11.8 Å². The Kier molecular flexibility index (Phi) is 7.35. The van der Waals surface area contributed by atoms with E-state index in [0.717, 1.165) is 11.1 Å². The SMILES string of the molecule is C/C(=N\NC(=O)C(=O)Nc1ccc(Cl)cc1)c1ccc(OCc2ccc(F)cc2)cc1. The zero-order valence-electron chi connectivity index (χ0n) is 16.6. The van der Waals surface area contributed by atoms with Crippen LogP contribution in [0, 0.1) is 5.82 Å². The van der Waals surface area contributed by atoms with Crippen LogP contribution in [0.3, 0.4) is 0 Å². The number of ether oxygens (including phenoxy) is 1. The summed E-state index contributed by atoms with van der Waals surface area (Å²) in [4.78, 5) is 23.9. The summed E-state index contributed by atoms with van der Waals surface area (Å²) in [6, 6.07) is 19.5. The van der Waals surface area contributed by atoms with Crippen LogP contribution in [0.25, 0.3) is 0 Å². The highest BCUT2D eigenvalue weighted by atomic mass is 35.5. The number of hydrazone groups is 1. The van der Waals surface area contributed by atoms with Gasteiger partial charge in [-0.25, -0.2) is 9.82 Å². The summed E-state index contributed by atoms with van der Waals surface area (Å²) in [6.07, 6.45) is 0. The Balaban J connectivity index is 1.52. The van der Waals surface area contributed by atoms with E-state index in [1.807, 2.05) is 0 Å². The summed E-state index contributed by atoms with van der Waals surface area (Å²) in [5.41, 5.74) is 4.78. The molecule has 31 heavy (non-hydrogen) atoms. The number of nitrogens with zero attached hydrogens (tertiary/aromatic N) is 1. The van der Waals surface area contributed by atoms with Crippen molar-refractivity contribution < 1.29 is 18.7 Å². The maximum absolute atomic E-state index is 12.9. The molecule has 0 saturated carbocycles. The zero-order chi connectivity index (χ0) is 22.2. The van der Waals surface area contributed by atoms with Gasteiger partial charge in [-0.1, -0.05) is 23.7 Å². The second-order valence-corrected chi connectivity index (χ2v) is 6.98. The molecule has 0 bridgehead atoms. The summed E-state index contributed by atoms with van der Waals surface area (Å²) in [5.74, 6) is -1.40. The molecule has 3 aromatic rings. The van der Waals surface area contributed by atoms with Crippen LogP contribution in [-0.2, 0) is 16.2 Å². The molecule has 6 nitrogen and oxygen atoms in total. The Labute approximate surface area is 183 Å². The molecule has 0 spiro atoms. The quantitative estimate of drug-likeness (QED) is 0.336. The average molecular weight is 440 g/mol. The maximum atomic E-state index is 12.9. The summed E-state index contributed by atoms with van der Waals surface area (Å²) < 4.78 is 18.6. The van der Waals surface area contributed by atoms with E-state index in [1.54, 1.807) is 67.6 Å². The Morgan fingerprint density at radius 1 is 0.935 bits per heavy atom. The van der Waals surface area contributed by atoms with E-state index in [1.165, 1.54) is 12.1 Å². The number of hydrogen-bond donors (Lipinski definition) is 2. The van der Waals surface area contributed by atoms with Gasteiger partial charge in [0, 0.05) is 10.7 Å². The van der Waals surface area contributed by atoms with Gasteiger partial charge < -0.3 is 10.1 Å². The van der Waals surface area contributed by atoms with E-state index in [0.29, 0.717) is 28.8 Å². The molecule has 0 aliphatic heterocycles. The number of benzene rings is 3. The zero-order valence-corrected chi connectivity index (χ0v) is 17.3. The lowest BCUT2D eigenvalue weighted by molar-refractivity contribution is -0.136. The number of anilines is 1. The molecule has 0 atom stereocenters. The first-order valence-electron chi connectivity index (χ1n) is 9.29. The first-order valence-corrected chi connectivity index (χ1v) is 9.67. The molecule has 0 heterocycles. The number of carbonyl (C=O) groups is 2. The van der Waals surface area contributed by atoms with Crippen LogP contribution in [0.15, 0.2) is 77.9 Å². The predicted octanol–water partition coefficient (Wildman–Crippen LogP) is 4.54. The smallest absolute Gasteiger partial charge is 0.329 e. The van der Waals surface area contributed by atoms with Crippen LogP contribution in [0.4, 0.5) is 10.1 Å². The first-order chi connectivity index (χ1) is 14.9. The third kappa shape index (κ3) is 6.65. The maximum Gasteiger partial charge on any atom is 0.329 e. The van der Waals surface area contributed by atoms with Crippen molar-refractivity contribution >= 4 is 34.8 Å². The molecule has 3 aromatic carbocycles. The minimum atomic E-state index is -0.895. The second-order valence-electron chi connectivity index (χ2n) is 6.54. The van der Waals surface area contributed by atoms with Crippen LogP contribution in [0.1, 0.15) is 18.1 Å². The molecule has 0 unspecified atom stereocenters. The van der Waals surface area contributed by atoms with Gasteiger partial charge in [-0.3, -0.25) is 9.59 Å². The largest absolute Gasteiger partial charge is 0.489 e. The van der Waals surface area contributed by atoms with Crippen LogP contribution in [0.5, 0.6) is 5.75 Å². The minimum Gasteiger partial charge on any atom is -0.489 e. The van der Waals surface area contributed by atoms with E-state index >= 15 is 0 Å². The Bertz CT molecular complexity index is 1080. The minimum absolute atomic E-state index is 0.294. The van der Waals surface area contributed by atoms with Gasteiger partial charge in [-0.05, 0) is 78.7 Å². The molecule has 0 radical (unpaired) electrons. The second kappa shape index (κ2) is 10.4. The Hall–Kier alpha value is -3.71. The molecule has 2 N–H and O–H groups in total. The number of amides is 2. The summed E-state index contributed by atoms with van der Waals surface area (Å²) in [6.45, 7) is 2.01. The van der Waals surface area contributed by atoms with Gasteiger partial charge in [-0.15, -0.1) is 0 Å². The molecule has 0 aliphatic rings. The normalized spacial score (nSPS) is 11.0. The summed E-state index contributed by atoms with van der Waals surface area (Å²) in [7, 11) is 0. The van der Waals surface area contributed by atoms with Crippen molar-refractivity contribution in [1.82, 2.24) is 5.43 Å². The van der Waals surface area contributed by atoms with Gasteiger partial charge in [0.2, 0.25) is 0 Å². The number of carbonyl (C=O) groups excluding carboxylic acids is 2. The molecule has 158 valence electrons. The fourth-order valence-electron chi connectivity index (χ4n) is 2.51. The molecule has 0 saturated heterocycles. The molecule has 2 amide bonds. The lowest BCUT2D eigenvalue weighted by Crippen LogP contribution is -2.32. The lowest BCUT2D eigenvalue weighted by atomic mass is 10.1. The highest BCUT2D eigenvalue weighted by Crippen LogP contribution is 2.15. The van der Waals surface area contributed by atoms with Gasteiger partial charge in [0.05, 0.1) is 5.71 Å². The third-order valence-electron chi connectivity index (χ3n) is 4.22. The van der Waals surface area contributed by atoms with Crippen LogP contribution in [0.2, 0.25) is 5.02 Å². The van der Waals surface area contributed by atoms with Gasteiger partial charge in [0.1, 0.15) is 18.2 Å². The molecule has 3 rings (SSSR count). The van der Waals surface area contributed by atoms with Crippen molar-refractivity contribution in [3.63, 3.8) is 0 Å². The van der Waals surface area contributed by atoms with E-state index in [9.17, 15) is 14.0 Å². The first kappa shape index (κ1) is 22.0. The fraction of sp³-hybridized carbons (Fsp3) is 0.0870. The Morgan fingerprint density at radius 3 is 2.23 bits per heavy atom. The van der Waals surface area contributed by atoms with Crippen molar-refractivity contribution in [3.8, 4) is 5.75 Å². The number of halogens is 2. The fourth-order valence-corrected chi connectivity index (χ4v) is 2.64. The molecular weight excluding hydrogens is 421 g/mol. The van der Waals surface area contributed by atoms with Crippen molar-refractivity contribution in [1.29, 1.82) is 0 Å². The van der Waals surface area contributed by atoms with Crippen molar-refractivity contribution in [2.24, 2.45) is 5.10 Å². The number of hydrogen-bond acceptors (Lipinski definition) is 4.